The summed E-state index contributed by atoms with van der Waals surface area (Å²) in [6.45, 7) is 6.16. The van der Waals surface area contributed by atoms with Crippen LogP contribution < -0.4 is 0 Å². The van der Waals surface area contributed by atoms with Gasteiger partial charge in [0.25, 0.3) is 0 Å². The summed E-state index contributed by atoms with van der Waals surface area (Å²) in [7, 11) is -3.71. The Morgan fingerprint density at radius 2 is 1.00 bits per heavy atom. The van der Waals surface area contributed by atoms with Gasteiger partial charge in [-0.25, -0.2) is 0 Å². The van der Waals surface area contributed by atoms with E-state index < -0.39 is 24.8 Å². The van der Waals surface area contributed by atoms with Gasteiger partial charge in [0.05, 0.1) is 0 Å². The highest BCUT2D eigenvalue weighted by Gasteiger charge is 2.23. The first-order chi connectivity index (χ1) is 4.46. The summed E-state index contributed by atoms with van der Waals surface area (Å²) in [4.78, 5) is 0. The lowest BCUT2D eigenvalue weighted by Crippen LogP contribution is -2.47. The first-order valence-electron chi connectivity index (χ1n) is 3.16. The molecule has 0 aliphatic heterocycles. The molecule has 0 bridgehead atoms. The van der Waals surface area contributed by atoms with E-state index in [-0.39, 0.29) is 0 Å². The third-order valence-corrected chi connectivity index (χ3v) is 17.2. The predicted molar refractivity (Wildman–Crippen MR) is 58.4 cm³/mol. The number of hydrogen-bond donors (Lipinski definition) is 0. The van der Waals surface area contributed by atoms with Crippen LogP contribution in [0.4, 0.5) is 0 Å². The van der Waals surface area contributed by atoms with Crippen molar-refractivity contribution in [2.75, 3.05) is 0 Å². The van der Waals surface area contributed by atoms with Crippen LogP contribution in [0.25, 0.3) is 0 Å². The van der Waals surface area contributed by atoms with E-state index in [1.165, 1.54) is 0 Å². The molecule has 3 atom stereocenters. The second-order valence-electron chi connectivity index (χ2n) is 2.17. The Morgan fingerprint density at radius 3 is 1.00 bits per heavy atom. The zero-order valence-corrected chi connectivity index (χ0v) is 12.0. The lowest BCUT2D eigenvalue weighted by molar-refractivity contribution is 1.06. The van der Waals surface area contributed by atoms with Gasteiger partial charge in [-0.1, -0.05) is 0 Å². The molecule has 0 heterocycles. The van der Waals surface area contributed by atoms with Crippen molar-refractivity contribution in [3.63, 3.8) is 0 Å². The Morgan fingerprint density at radius 1 is 0.800 bits per heavy atom. The van der Waals surface area contributed by atoms with Gasteiger partial charge in [0.2, 0.25) is 0 Å². The van der Waals surface area contributed by atoms with Crippen molar-refractivity contribution < 1.29 is 0 Å². The summed E-state index contributed by atoms with van der Waals surface area (Å²) in [6, 6.07) is 0. The molecule has 0 rings (SSSR count). The van der Waals surface area contributed by atoms with Gasteiger partial charge in [0.1, 0.15) is 0 Å². The molecule has 1 nitrogen and oxygen atoms in total. The molecule has 0 saturated carbocycles. The van der Waals surface area contributed by atoms with Crippen molar-refractivity contribution in [3.05, 3.63) is 0 Å². The molecule has 0 radical (unpaired) electrons. The van der Waals surface area contributed by atoms with E-state index in [2.05, 4.69) is 23.5 Å². The summed E-state index contributed by atoms with van der Waals surface area (Å²) in [6.07, 6.45) is 0. The average Bonchev–Trinajstić information content (AvgIpc) is 1.59. The lowest BCUT2D eigenvalue weighted by Gasteiger charge is -2.27. The molecule has 3 unspecified atom stereocenters. The Hall–Kier alpha value is 1.48. The standard InChI is InChI=1S/C3H12Cl3NSi3/c1-8(4)7(9(2)5)10(3)6/h8-10H,1-3H3. The third kappa shape index (κ3) is 3.75. The molecule has 62 valence electrons. The molecular weight excluding hydrogens is 241 g/mol. The van der Waals surface area contributed by atoms with Crippen LogP contribution in [-0.2, 0) is 0 Å². The second kappa shape index (κ2) is 5.18. The zero-order chi connectivity index (χ0) is 8.31. The van der Waals surface area contributed by atoms with Gasteiger partial charge < -0.3 is 3.90 Å². The molecule has 0 spiro atoms. The number of nitrogens with zero attached hydrogens (tertiary/aromatic N) is 1. The molecule has 10 heavy (non-hydrogen) atoms. The fraction of sp³-hybridized carbons (Fsp3) is 1.00. The third-order valence-electron chi connectivity index (χ3n) is 1.23. The van der Waals surface area contributed by atoms with E-state index in [1.54, 1.807) is 0 Å². The topological polar surface area (TPSA) is 3.24 Å². The number of rotatable bonds is 3. The minimum Gasteiger partial charge on any atom is -0.339 e. The van der Waals surface area contributed by atoms with Gasteiger partial charge in [0, 0.05) is 0 Å². The molecule has 0 amide bonds. The summed E-state index contributed by atoms with van der Waals surface area (Å²) >= 11 is 18.0. The van der Waals surface area contributed by atoms with Gasteiger partial charge in [-0.15, -0.1) is 0 Å². The van der Waals surface area contributed by atoms with Gasteiger partial charge in [-0.05, 0) is 19.6 Å². The van der Waals surface area contributed by atoms with Crippen molar-refractivity contribution in [2.45, 2.75) is 19.6 Å². The molecule has 0 fully saturated rings. The molecule has 0 aromatic rings. The van der Waals surface area contributed by atoms with Crippen LogP contribution in [-0.4, -0.2) is 28.7 Å². The first kappa shape index (κ1) is 11.5. The van der Waals surface area contributed by atoms with Crippen molar-refractivity contribution in [1.29, 1.82) is 0 Å². The highest BCUT2D eigenvalue weighted by Crippen LogP contribution is 2.11. The maximum atomic E-state index is 6.00. The van der Waals surface area contributed by atoms with Crippen molar-refractivity contribution in [1.82, 2.24) is 3.90 Å². The maximum Gasteiger partial charge on any atom is 0.199 e. The van der Waals surface area contributed by atoms with E-state index >= 15 is 0 Å². The molecule has 7 heteroatoms. The number of hydrogen-bond acceptors (Lipinski definition) is 1. The highest BCUT2D eigenvalue weighted by molar-refractivity contribution is 7.25. The molecular formula is C3H12Cl3NSi3. The van der Waals surface area contributed by atoms with E-state index in [0.717, 1.165) is 0 Å². The van der Waals surface area contributed by atoms with Crippen LogP contribution in [0.5, 0.6) is 0 Å². The van der Waals surface area contributed by atoms with Crippen LogP contribution in [0.1, 0.15) is 0 Å². The van der Waals surface area contributed by atoms with Crippen LogP contribution in [0.2, 0.25) is 19.6 Å². The Balaban J connectivity index is 3.98. The fourth-order valence-corrected chi connectivity index (χ4v) is 18.3. The lowest BCUT2D eigenvalue weighted by atomic mass is 11.9. The van der Waals surface area contributed by atoms with Gasteiger partial charge in [-0.3, -0.25) is 0 Å². The van der Waals surface area contributed by atoms with E-state index in [4.69, 9.17) is 33.2 Å². The maximum absolute atomic E-state index is 6.00. The largest absolute Gasteiger partial charge is 0.339 e. The average molecular weight is 253 g/mol. The molecule has 0 aromatic heterocycles. The van der Waals surface area contributed by atoms with Crippen LogP contribution in [0, 0.1) is 0 Å². The van der Waals surface area contributed by atoms with Crippen molar-refractivity contribution in [2.24, 2.45) is 0 Å². The van der Waals surface area contributed by atoms with Crippen molar-refractivity contribution >= 4 is 58.0 Å². The molecule has 0 aliphatic carbocycles. The van der Waals surface area contributed by atoms with E-state index in [9.17, 15) is 0 Å². The molecule has 0 saturated heterocycles. The van der Waals surface area contributed by atoms with Gasteiger partial charge >= 0.3 is 0 Å². The zero-order valence-electron chi connectivity index (χ0n) is 6.31. The van der Waals surface area contributed by atoms with Crippen LogP contribution >= 0.6 is 33.2 Å². The molecule has 0 aromatic carbocycles. The van der Waals surface area contributed by atoms with Crippen LogP contribution in [0.3, 0.4) is 0 Å². The van der Waals surface area contributed by atoms with Gasteiger partial charge in [-0.2, -0.15) is 33.2 Å². The van der Waals surface area contributed by atoms with Gasteiger partial charge in [0.15, 0.2) is 24.8 Å². The monoisotopic (exact) mass is 251 g/mol. The van der Waals surface area contributed by atoms with Crippen molar-refractivity contribution in [3.8, 4) is 0 Å². The van der Waals surface area contributed by atoms with E-state index in [1.807, 2.05) is 0 Å². The Labute approximate surface area is 81.4 Å². The molecule has 0 aliphatic rings. The Bertz CT molecular complexity index is 80.0. The predicted octanol–water partition coefficient (Wildman–Crippen LogP) is 1.56. The smallest absolute Gasteiger partial charge is 0.199 e. The summed E-state index contributed by atoms with van der Waals surface area (Å²) in [5.74, 6) is 0. The Kier molecular flexibility index (Phi) is 5.95. The summed E-state index contributed by atoms with van der Waals surface area (Å²) in [5, 5.41) is 0. The number of halogens is 3. The van der Waals surface area contributed by atoms with Crippen LogP contribution in [0.15, 0.2) is 0 Å². The summed E-state index contributed by atoms with van der Waals surface area (Å²) < 4.78 is 2.21. The second-order valence-corrected chi connectivity index (χ2v) is 14.9. The highest BCUT2D eigenvalue weighted by atomic mass is 35.6. The normalized spacial score (nSPS) is 20.7. The molecule has 0 N–H and O–H groups in total. The SMILES string of the molecule is C[SiH](Cl)N([SiH](C)Cl)[SiH](C)Cl. The fourth-order valence-electron chi connectivity index (χ4n) is 0.849. The first-order valence-corrected chi connectivity index (χ1v) is 13.4. The minimum absolute atomic E-state index is 1.24. The van der Waals surface area contributed by atoms with E-state index in [0.29, 0.717) is 0 Å². The summed E-state index contributed by atoms with van der Waals surface area (Å²) in [5.41, 5.74) is 0. The minimum atomic E-state index is -1.24. The quantitative estimate of drug-likeness (QED) is 0.544.